The molecule has 0 fully saturated rings. The van der Waals surface area contributed by atoms with Crippen LogP contribution in [0.2, 0.25) is 0 Å². The lowest BCUT2D eigenvalue weighted by atomic mass is 9.99. The van der Waals surface area contributed by atoms with Crippen LogP contribution >= 0.6 is 15.9 Å². The summed E-state index contributed by atoms with van der Waals surface area (Å²) in [4.78, 5) is 0. The van der Waals surface area contributed by atoms with Crippen LogP contribution in [0.25, 0.3) is 0 Å². The summed E-state index contributed by atoms with van der Waals surface area (Å²) in [6.45, 7) is 8.19. The van der Waals surface area contributed by atoms with Gasteiger partial charge in [0.15, 0.2) is 0 Å². The molecule has 1 aromatic carbocycles. The molecule has 0 atom stereocenters. The highest BCUT2D eigenvalue weighted by atomic mass is 79.9. The Morgan fingerprint density at radius 1 is 1.15 bits per heavy atom. The third-order valence-corrected chi connectivity index (χ3v) is 3.12. The van der Waals surface area contributed by atoms with Gasteiger partial charge in [0.2, 0.25) is 0 Å². The summed E-state index contributed by atoms with van der Waals surface area (Å²) in [7, 11) is 0. The van der Waals surface area contributed by atoms with Crippen molar-refractivity contribution in [3.05, 3.63) is 32.8 Å². The molecule has 0 aliphatic rings. The Kier molecular flexibility index (Phi) is 3.17. The quantitative estimate of drug-likeness (QED) is 0.603. The fourth-order valence-electron chi connectivity index (χ4n) is 1.32. The molecule has 0 bridgehead atoms. The van der Waals surface area contributed by atoms with Gasteiger partial charge in [-0.05, 0) is 50.5 Å². The van der Waals surface area contributed by atoms with Gasteiger partial charge in [-0.3, -0.25) is 0 Å². The number of hydrogen-bond acceptors (Lipinski definition) is 0. The van der Waals surface area contributed by atoms with Gasteiger partial charge >= 0.3 is 0 Å². The van der Waals surface area contributed by atoms with Crippen LogP contribution in [0.3, 0.4) is 0 Å². The van der Waals surface area contributed by atoms with Crippen LogP contribution in [0, 0.1) is 32.6 Å². The van der Waals surface area contributed by atoms with Gasteiger partial charge in [-0.15, -0.1) is 5.92 Å². The van der Waals surface area contributed by atoms with Crippen molar-refractivity contribution < 1.29 is 0 Å². The smallest absolute Gasteiger partial charge is 0.0317 e. The normalized spacial score (nSPS) is 9.31. The number of hydrogen-bond donors (Lipinski definition) is 0. The molecule has 0 radical (unpaired) electrons. The molecule has 13 heavy (non-hydrogen) atoms. The Hall–Kier alpha value is -0.740. The van der Waals surface area contributed by atoms with Gasteiger partial charge < -0.3 is 0 Å². The maximum absolute atomic E-state index is 3.53. The van der Waals surface area contributed by atoms with Crippen LogP contribution < -0.4 is 0 Å². The minimum Gasteiger partial charge on any atom is -0.101 e. The zero-order valence-electron chi connectivity index (χ0n) is 8.46. The van der Waals surface area contributed by atoms with E-state index in [1.54, 1.807) is 0 Å². The lowest BCUT2D eigenvalue weighted by Gasteiger charge is -2.08. The predicted molar refractivity (Wildman–Crippen MR) is 60.9 cm³/mol. The first kappa shape index (κ1) is 10.3. The van der Waals surface area contributed by atoms with E-state index in [1.807, 2.05) is 6.92 Å². The van der Waals surface area contributed by atoms with Crippen molar-refractivity contribution in [1.29, 1.82) is 0 Å². The van der Waals surface area contributed by atoms with Gasteiger partial charge in [0, 0.05) is 10.0 Å². The topological polar surface area (TPSA) is 0 Å². The van der Waals surface area contributed by atoms with E-state index in [-0.39, 0.29) is 0 Å². The monoisotopic (exact) mass is 236 g/mol. The maximum Gasteiger partial charge on any atom is 0.0317 e. The van der Waals surface area contributed by atoms with Crippen molar-refractivity contribution in [2.45, 2.75) is 27.7 Å². The summed E-state index contributed by atoms with van der Waals surface area (Å²) in [6, 6.07) is 2.14. The van der Waals surface area contributed by atoms with Crippen LogP contribution in [0.5, 0.6) is 0 Å². The summed E-state index contributed by atoms with van der Waals surface area (Å²) in [5, 5.41) is 0. The first-order valence-electron chi connectivity index (χ1n) is 4.27. The van der Waals surface area contributed by atoms with Crippen molar-refractivity contribution in [2.24, 2.45) is 0 Å². The predicted octanol–water partition coefficient (Wildman–Crippen LogP) is 3.75. The Balaban J connectivity index is 3.52. The second-order valence-corrected chi connectivity index (χ2v) is 4.03. The zero-order chi connectivity index (χ0) is 10.0. The van der Waals surface area contributed by atoms with Gasteiger partial charge in [-0.25, -0.2) is 0 Å². The summed E-state index contributed by atoms with van der Waals surface area (Å²) in [6.07, 6.45) is 0. The minimum atomic E-state index is 1.15. The van der Waals surface area contributed by atoms with Crippen LogP contribution in [0.4, 0.5) is 0 Å². The Labute approximate surface area is 88.5 Å². The molecule has 0 nitrogen and oxygen atoms in total. The molecule has 0 N–H and O–H groups in total. The van der Waals surface area contributed by atoms with Crippen molar-refractivity contribution >= 4 is 15.9 Å². The number of halogens is 1. The molecule has 0 heterocycles. The van der Waals surface area contributed by atoms with E-state index in [9.17, 15) is 0 Å². The molecular formula is C12H13Br. The summed E-state index contributed by atoms with van der Waals surface area (Å²) in [5.41, 5.74) is 4.97. The second-order valence-electron chi connectivity index (χ2n) is 3.18. The highest BCUT2D eigenvalue weighted by Crippen LogP contribution is 2.25. The summed E-state index contributed by atoms with van der Waals surface area (Å²) in [5.74, 6) is 6.10. The molecule has 0 aliphatic heterocycles. The molecule has 0 amide bonds. The van der Waals surface area contributed by atoms with Gasteiger partial charge in [-0.2, -0.15) is 0 Å². The van der Waals surface area contributed by atoms with Gasteiger partial charge in [0.05, 0.1) is 0 Å². The largest absolute Gasteiger partial charge is 0.101 e. The average Bonchev–Trinajstić information content (AvgIpc) is 2.09. The molecule has 0 aliphatic carbocycles. The molecule has 0 spiro atoms. The van der Waals surface area contributed by atoms with Crippen molar-refractivity contribution in [2.75, 3.05) is 0 Å². The Morgan fingerprint density at radius 2 is 1.77 bits per heavy atom. The first-order chi connectivity index (χ1) is 6.07. The highest BCUT2D eigenvalue weighted by Gasteiger charge is 2.06. The molecule has 0 unspecified atom stereocenters. The molecule has 0 saturated heterocycles. The number of aryl methyl sites for hydroxylation is 1. The maximum atomic E-state index is 3.53. The SMILES string of the molecule is CC#Cc1c(C)c(C)cc(Br)c1C. The third-order valence-electron chi connectivity index (χ3n) is 2.29. The van der Waals surface area contributed by atoms with E-state index < -0.39 is 0 Å². The minimum absolute atomic E-state index is 1.15. The van der Waals surface area contributed by atoms with Crippen LogP contribution in [-0.4, -0.2) is 0 Å². The van der Waals surface area contributed by atoms with Crippen molar-refractivity contribution in [1.82, 2.24) is 0 Å². The van der Waals surface area contributed by atoms with Crippen molar-refractivity contribution in [3.63, 3.8) is 0 Å². The van der Waals surface area contributed by atoms with E-state index >= 15 is 0 Å². The van der Waals surface area contributed by atoms with E-state index in [0.29, 0.717) is 0 Å². The van der Waals surface area contributed by atoms with Gasteiger partial charge in [-0.1, -0.05) is 21.9 Å². The molecule has 68 valence electrons. The standard InChI is InChI=1S/C12H13Br/c1-5-6-11-9(3)8(2)7-12(13)10(11)4/h7H,1-4H3. The van der Waals surface area contributed by atoms with Gasteiger partial charge in [0.25, 0.3) is 0 Å². The summed E-state index contributed by atoms with van der Waals surface area (Å²) < 4.78 is 1.15. The Morgan fingerprint density at radius 3 is 2.31 bits per heavy atom. The van der Waals surface area contributed by atoms with Crippen LogP contribution in [0.15, 0.2) is 10.5 Å². The second kappa shape index (κ2) is 3.98. The van der Waals surface area contributed by atoms with Crippen molar-refractivity contribution in [3.8, 4) is 11.8 Å². The molecule has 0 saturated carbocycles. The average molecular weight is 237 g/mol. The van der Waals surface area contributed by atoms with E-state index in [0.717, 1.165) is 10.0 Å². The molecule has 1 heteroatoms. The summed E-state index contributed by atoms with van der Waals surface area (Å²) >= 11 is 3.53. The molecule has 1 aromatic rings. The highest BCUT2D eigenvalue weighted by molar-refractivity contribution is 9.10. The van der Waals surface area contributed by atoms with E-state index in [2.05, 4.69) is 54.6 Å². The number of rotatable bonds is 0. The fraction of sp³-hybridized carbons (Fsp3) is 0.333. The Bertz CT molecular complexity index is 366. The fourth-order valence-corrected chi connectivity index (χ4v) is 1.86. The zero-order valence-corrected chi connectivity index (χ0v) is 10.0. The van der Waals surface area contributed by atoms with E-state index in [4.69, 9.17) is 0 Å². The third kappa shape index (κ3) is 1.95. The first-order valence-corrected chi connectivity index (χ1v) is 5.06. The van der Waals surface area contributed by atoms with E-state index in [1.165, 1.54) is 16.7 Å². The van der Waals surface area contributed by atoms with Gasteiger partial charge in [0.1, 0.15) is 0 Å². The number of benzene rings is 1. The lowest BCUT2D eigenvalue weighted by Crippen LogP contribution is -1.92. The molecule has 0 aromatic heterocycles. The van der Waals surface area contributed by atoms with Crippen LogP contribution in [0.1, 0.15) is 29.2 Å². The lowest BCUT2D eigenvalue weighted by molar-refractivity contribution is 1.26. The molecular weight excluding hydrogens is 224 g/mol. The van der Waals surface area contributed by atoms with Crippen LogP contribution in [-0.2, 0) is 0 Å². The molecule has 1 rings (SSSR count).